The highest BCUT2D eigenvalue weighted by atomic mass is 35.5. The maximum atomic E-state index is 12.4. The van der Waals surface area contributed by atoms with E-state index in [2.05, 4.69) is 0 Å². The number of benzene rings is 1. The number of hydrogen-bond acceptors (Lipinski definition) is 3. The maximum absolute atomic E-state index is 12.4. The third-order valence-corrected chi connectivity index (χ3v) is 3.92. The maximum Gasteiger partial charge on any atom is 0.331 e. The normalized spacial score (nSPS) is 10.7. The Morgan fingerprint density at radius 3 is 2.50 bits per heavy atom. The predicted octanol–water partition coefficient (Wildman–Crippen LogP) is 2.09. The highest BCUT2D eigenvalue weighted by Crippen LogP contribution is 2.31. The van der Waals surface area contributed by atoms with Crippen LogP contribution in [0, 0.1) is 0 Å². The molecule has 1 aromatic carbocycles. The summed E-state index contributed by atoms with van der Waals surface area (Å²) in [6, 6.07) is 4.77. The molecule has 0 unspecified atom stereocenters. The van der Waals surface area contributed by atoms with Gasteiger partial charge in [0.25, 0.3) is 5.56 Å². The van der Waals surface area contributed by atoms with E-state index in [4.69, 9.17) is 28.3 Å². The molecule has 0 amide bonds. The van der Waals surface area contributed by atoms with Gasteiger partial charge in [0.1, 0.15) is 6.54 Å². The number of carboxylic acid groups (broad SMARTS) is 1. The van der Waals surface area contributed by atoms with Gasteiger partial charge < -0.3 is 5.11 Å². The lowest BCUT2D eigenvalue weighted by Gasteiger charge is -2.12. The number of aromatic nitrogens is 2. The van der Waals surface area contributed by atoms with E-state index in [9.17, 15) is 14.4 Å². The van der Waals surface area contributed by atoms with E-state index in [0.29, 0.717) is 5.56 Å². The number of aliphatic carboxylic acids is 1. The molecule has 1 heterocycles. The largest absolute Gasteiger partial charge is 0.480 e. The minimum atomic E-state index is -1.19. The highest BCUT2D eigenvalue weighted by molar-refractivity contribution is 6.43. The molecular formula is C14H12Cl2N2O4. The second kappa shape index (κ2) is 6.37. The molecule has 0 saturated heterocycles. The zero-order chi connectivity index (χ0) is 16.4. The molecule has 0 bridgehead atoms. The van der Waals surface area contributed by atoms with Crippen molar-refractivity contribution in [2.45, 2.75) is 20.0 Å². The molecule has 6 nitrogen and oxygen atoms in total. The fraction of sp³-hybridized carbons (Fsp3) is 0.214. The second-order valence-electron chi connectivity index (χ2n) is 4.50. The van der Waals surface area contributed by atoms with Gasteiger partial charge in [0.15, 0.2) is 0 Å². The smallest absolute Gasteiger partial charge is 0.331 e. The van der Waals surface area contributed by atoms with Crippen LogP contribution in [0.15, 0.2) is 34.0 Å². The van der Waals surface area contributed by atoms with Crippen molar-refractivity contribution in [3.63, 3.8) is 0 Å². The molecule has 8 heteroatoms. The number of carbonyl (C=O) groups is 1. The first-order valence-corrected chi connectivity index (χ1v) is 7.12. The average molecular weight is 343 g/mol. The van der Waals surface area contributed by atoms with E-state index in [1.165, 1.54) is 6.20 Å². The molecule has 116 valence electrons. The van der Waals surface area contributed by atoms with E-state index < -0.39 is 23.8 Å². The molecule has 0 aliphatic carbocycles. The first-order chi connectivity index (χ1) is 10.4. The van der Waals surface area contributed by atoms with E-state index in [0.717, 1.165) is 9.13 Å². The van der Waals surface area contributed by atoms with Crippen LogP contribution in [-0.2, 0) is 17.9 Å². The molecule has 2 aromatic rings. The Bertz CT molecular complexity index is 855. The van der Waals surface area contributed by atoms with Gasteiger partial charge in [-0.1, -0.05) is 35.3 Å². The Labute approximate surface area is 135 Å². The van der Waals surface area contributed by atoms with Crippen LogP contribution in [0.3, 0.4) is 0 Å². The average Bonchev–Trinajstić information content (AvgIpc) is 2.45. The number of halogens is 2. The molecule has 2 rings (SSSR count). The number of hydrogen-bond donors (Lipinski definition) is 1. The van der Waals surface area contributed by atoms with Crippen molar-refractivity contribution in [3.05, 3.63) is 55.3 Å². The SMILES string of the molecule is CCn1c(=O)c(-c2cccc(Cl)c2Cl)cn(CC(=O)O)c1=O. The summed E-state index contributed by atoms with van der Waals surface area (Å²) in [5, 5.41) is 9.32. The summed E-state index contributed by atoms with van der Waals surface area (Å²) in [5.41, 5.74) is -0.759. The minimum Gasteiger partial charge on any atom is -0.480 e. The number of carboxylic acids is 1. The first-order valence-electron chi connectivity index (χ1n) is 6.37. The molecule has 0 atom stereocenters. The summed E-state index contributed by atoms with van der Waals surface area (Å²) in [5.74, 6) is -1.19. The zero-order valence-electron chi connectivity index (χ0n) is 11.5. The molecule has 0 fully saturated rings. The van der Waals surface area contributed by atoms with E-state index in [-0.39, 0.29) is 22.2 Å². The minimum absolute atomic E-state index is 0.114. The van der Waals surface area contributed by atoms with Gasteiger partial charge in [0.05, 0.1) is 15.6 Å². The van der Waals surface area contributed by atoms with Crippen LogP contribution in [0.2, 0.25) is 10.0 Å². The Morgan fingerprint density at radius 2 is 1.91 bits per heavy atom. The van der Waals surface area contributed by atoms with Gasteiger partial charge in [-0.25, -0.2) is 4.79 Å². The fourth-order valence-electron chi connectivity index (χ4n) is 2.09. The van der Waals surface area contributed by atoms with Crippen molar-refractivity contribution < 1.29 is 9.90 Å². The Hall–Kier alpha value is -2.05. The first kappa shape index (κ1) is 16.3. The molecule has 0 aliphatic rings. The van der Waals surface area contributed by atoms with E-state index in [1.54, 1.807) is 25.1 Å². The van der Waals surface area contributed by atoms with Crippen LogP contribution in [-0.4, -0.2) is 20.2 Å². The summed E-state index contributed by atoms with van der Waals surface area (Å²) >= 11 is 12.1. The standard InChI is InChI=1S/C14H12Cl2N2O4/c1-2-18-13(21)9(6-17(14(18)22)7-11(19)20)8-4-3-5-10(15)12(8)16/h3-6H,2,7H2,1H3,(H,19,20). The van der Waals surface area contributed by atoms with E-state index >= 15 is 0 Å². The van der Waals surface area contributed by atoms with Crippen LogP contribution in [0.5, 0.6) is 0 Å². The second-order valence-corrected chi connectivity index (χ2v) is 5.28. The lowest BCUT2D eigenvalue weighted by Crippen LogP contribution is -2.40. The van der Waals surface area contributed by atoms with Crippen molar-refractivity contribution in [1.29, 1.82) is 0 Å². The van der Waals surface area contributed by atoms with E-state index in [1.807, 2.05) is 0 Å². The third kappa shape index (κ3) is 2.93. The van der Waals surface area contributed by atoms with Gasteiger partial charge in [-0.05, 0) is 13.0 Å². The monoisotopic (exact) mass is 342 g/mol. The topological polar surface area (TPSA) is 81.3 Å². The number of rotatable bonds is 4. The van der Waals surface area contributed by atoms with Crippen molar-refractivity contribution >= 4 is 29.2 Å². The predicted molar refractivity (Wildman–Crippen MR) is 83.7 cm³/mol. The van der Waals surface area contributed by atoms with Crippen LogP contribution in [0.25, 0.3) is 11.1 Å². The Balaban J connectivity index is 2.81. The van der Waals surface area contributed by atoms with Gasteiger partial charge >= 0.3 is 11.7 Å². The Morgan fingerprint density at radius 1 is 1.23 bits per heavy atom. The summed E-state index contributed by atoms with van der Waals surface area (Å²) in [4.78, 5) is 35.4. The molecule has 1 aromatic heterocycles. The Kier molecular flexibility index (Phi) is 4.73. The van der Waals surface area contributed by atoms with Gasteiger partial charge in [-0.2, -0.15) is 0 Å². The molecule has 0 spiro atoms. The third-order valence-electron chi connectivity index (χ3n) is 3.10. The quantitative estimate of drug-likeness (QED) is 0.922. The van der Waals surface area contributed by atoms with Crippen molar-refractivity contribution in [1.82, 2.24) is 9.13 Å². The molecule has 0 aliphatic heterocycles. The summed E-state index contributed by atoms with van der Waals surface area (Å²) in [7, 11) is 0. The lowest BCUT2D eigenvalue weighted by molar-refractivity contribution is -0.137. The van der Waals surface area contributed by atoms with Crippen molar-refractivity contribution in [3.8, 4) is 11.1 Å². The van der Waals surface area contributed by atoms with Crippen molar-refractivity contribution in [2.24, 2.45) is 0 Å². The summed E-state index contributed by atoms with van der Waals surface area (Å²) in [6.07, 6.45) is 1.20. The highest BCUT2D eigenvalue weighted by Gasteiger charge is 2.16. The number of nitrogens with zero attached hydrogens (tertiary/aromatic N) is 2. The fourth-order valence-corrected chi connectivity index (χ4v) is 2.49. The molecule has 1 N–H and O–H groups in total. The van der Waals surface area contributed by atoms with Crippen LogP contribution >= 0.6 is 23.2 Å². The molecule has 0 saturated carbocycles. The summed E-state index contributed by atoms with van der Waals surface area (Å²) < 4.78 is 1.91. The van der Waals surface area contributed by atoms with Crippen molar-refractivity contribution in [2.75, 3.05) is 0 Å². The van der Waals surface area contributed by atoms with Gasteiger partial charge in [-0.3, -0.25) is 18.7 Å². The van der Waals surface area contributed by atoms with Crippen LogP contribution in [0.1, 0.15) is 6.92 Å². The summed E-state index contributed by atoms with van der Waals surface area (Å²) in [6.45, 7) is 1.19. The van der Waals surface area contributed by atoms with Crippen LogP contribution in [0.4, 0.5) is 0 Å². The molecule has 22 heavy (non-hydrogen) atoms. The molecular weight excluding hydrogens is 331 g/mol. The van der Waals surface area contributed by atoms with Gasteiger partial charge in [-0.15, -0.1) is 0 Å². The van der Waals surface area contributed by atoms with Gasteiger partial charge in [0, 0.05) is 18.3 Å². The zero-order valence-corrected chi connectivity index (χ0v) is 13.1. The van der Waals surface area contributed by atoms with Gasteiger partial charge in [0.2, 0.25) is 0 Å². The van der Waals surface area contributed by atoms with Crippen LogP contribution < -0.4 is 11.2 Å². The lowest BCUT2D eigenvalue weighted by atomic mass is 10.1. The molecule has 0 radical (unpaired) electrons.